The van der Waals surface area contributed by atoms with E-state index in [9.17, 15) is 4.79 Å². The van der Waals surface area contributed by atoms with Crippen molar-refractivity contribution in [2.45, 2.75) is 13.0 Å². The Balaban J connectivity index is 2.15. The average molecular weight is 260 g/mol. The van der Waals surface area contributed by atoms with Crippen molar-refractivity contribution in [3.63, 3.8) is 0 Å². The smallest absolute Gasteiger partial charge is 0.319 e. The molecular weight excluding hydrogens is 244 g/mol. The second-order valence-corrected chi connectivity index (χ2v) is 4.15. The molecule has 1 aromatic carbocycles. The molecule has 6 nitrogen and oxygen atoms in total. The first-order valence-corrected chi connectivity index (χ1v) is 5.98. The lowest BCUT2D eigenvalue weighted by atomic mass is 10.2. The lowest BCUT2D eigenvalue weighted by molar-refractivity contribution is 0.229. The first-order valence-electron chi connectivity index (χ1n) is 5.98. The SMILES string of the molecule is C[C@H](CO)NC(=O)Nc1ccccc1-n1cccn1. The van der Waals surface area contributed by atoms with Gasteiger partial charge < -0.3 is 15.7 Å². The van der Waals surface area contributed by atoms with Crippen molar-refractivity contribution in [1.29, 1.82) is 0 Å². The number of aliphatic hydroxyl groups is 1. The van der Waals surface area contributed by atoms with E-state index in [-0.39, 0.29) is 18.7 Å². The molecule has 0 fully saturated rings. The molecule has 1 aromatic heterocycles. The third-order valence-corrected chi connectivity index (χ3v) is 2.55. The molecule has 0 unspecified atom stereocenters. The Morgan fingerprint density at radius 1 is 1.42 bits per heavy atom. The van der Waals surface area contributed by atoms with Gasteiger partial charge in [0.2, 0.25) is 0 Å². The highest BCUT2D eigenvalue weighted by molar-refractivity contribution is 5.91. The average Bonchev–Trinajstić information content (AvgIpc) is 2.93. The number of benzene rings is 1. The number of para-hydroxylation sites is 2. The van der Waals surface area contributed by atoms with Crippen molar-refractivity contribution < 1.29 is 9.90 Å². The van der Waals surface area contributed by atoms with Crippen molar-refractivity contribution >= 4 is 11.7 Å². The Morgan fingerprint density at radius 3 is 2.89 bits per heavy atom. The maximum absolute atomic E-state index is 11.7. The standard InChI is InChI=1S/C13H16N4O2/c1-10(9-18)15-13(19)16-11-5-2-3-6-12(11)17-8-4-7-14-17/h2-8,10,18H,9H2,1H3,(H2,15,16,19)/t10-/m1/s1. The van der Waals surface area contributed by atoms with Gasteiger partial charge in [-0.05, 0) is 25.1 Å². The molecule has 2 rings (SSSR count). The zero-order chi connectivity index (χ0) is 13.7. The van der Waals surface area contributed by atoms with E-state index in [1.54, 1.807) is 30.1 Å². The summed E-state index contributed by atoms with van der Waals surface area (Å²) in [5, 5.41) is 18.4. The van der Waals surface area contributed by atoms with Gasteiger partial charge in [-0.25, -0.2) is 9.48 Å². The minimum atomic E-state index is -0.360. The van der Waals surface area contributed by atoms with E-state index in [4.69, 9.17) is 5.11 Å². The van der Waals surface area contributed by atoms with Gasteiger partial charge in [0.05, 0.1) is 24.0 Å². The number of carbonyl (C=O) groups is 1. The van der Waals surface area contributed by atoms with Crippen LogP contribution in [-0.2, 0) is 0 Å². The largest absolute Gasteiger partial charge is 0.394 e. The van der Waals surface area contributed by atoms with Gasteiger partial charge in [0.15, 0.2) is 0 Å². The van der Waals surface area contributed by atoms with E-state index >= 15 is 0 Å². The summed E-state index contributed by atoms with van der Waals surface area (Å²) < 4.78 is 1.67. The third kappa shape index (κ3) is 3.32. The Labute approximate surface area is 111 Å². The molecule has 0 spiro atoms. The Hall–Kier alpha value is -2.34. The molecule has 100 valence electrons. The van der Waals surface area contributed by atoms with Crippen molar-refractivity contribution in [2.75, 3.05) is 11.9 Å². The van der Waals surface area contributed by atoms with Crippen LogP contribution in [0.15, 0.2) is 42.7 Å². The zero-order valence-electron chi connectivity index (χ0n) is 10.6. The molecule has 0 aliphatic rings. The van der Waals surface area contributed by atoms with Gasteiger partial charge in [-0.15, -0.1) is 0 Å². The van der Waals surface area contributed by atoms with Crippen molar-refractivity contribution in [2.24, 2.45) is 0 Å². The normalized spacial score (nSPS) is 11.9. The van der Waals surface area contributed by atoms with Gasteiger partial charge >= 0.3 is 6.03 Å². The number of anilines is 1. The van der Waals surface area contributed by atoms with Gasteiger partial charge in [-0.1, -0.05) is 12.1 Å². The summed E-state index contributed by atoms with van der Waals surface area (Å²) in [6, 6.07) is 8.51. The van der Waals surface area contributed by atoms with Crippen LogP contribution < -0.4 is 10.6 Å². The summed E-state index contributed by atoms with van der Waals surface area (Å²) in [7, 11) is 0. The number of nitrogens with zero attached hydrogens (tertiary/aromatic N) is 2. The van der Waals surface area contributed by atoms with Crippen molar-refractivity contribution in [3.8, 4) is 5.69 Å². The molecule has 2 amide bonds. The number of hydrogen-bond acceptors (Lipinski definition) is 3. The van der Waals surface area contributed by atoms with Gasteiger partial charge in [-0.2, -0.15) is 5.10 Å². The van der Waals surface area contributed by atoms with Crippen LogP contribution in [-0.4, -0.2) is 33.6 Å². The number of aliphatic hydroxyl groups excluding tert-OH is 1. The Bertz CT molecular complexity index is 539. The van der Waals surface area contributed by atoms with Crippen molar-refractivity contribution in [1.82, 2.24) is 15.1 Å². The fourth-order valence-corrected chi connectivity index (χ4v) is 1.62. The Kier molecular flexibility index (Phi) is 4.15. The second-order valence-electron chi connectivity index (χ2n) is 4.15. The minimum absolute atomic E-state index is 0.103. The van der Waals surface area contributed by atoms with Crippen LogP contribution >= 0.6 is 0 Å². The van der Waals surface area contributed by atoms with E-state index in [1.165, 1.54) is 0 Å². The van der Waals surface area contributed by atoms with E-state index in [2.05, 4.69) is 15.7 Å². The molecule has 0 radical (unpaired) electrons. The van der Waals surface area contributed by atoms with Gasteiger partial charge in [0.1, 0.15) is 0 Å². The summed E-state index contributed by atoms with van der Waals surface area (Å²) in [5.41, 5.74) is 1.42. The molecule has 3 N–H and O–H groups in total. The first kappa shape index (κ1) is 13.1. The molecule has 0 aliphatic heterocycles. The van der Waals surface area contributed by atoms with E-state index in [0.29, 0.717) is 5.69 Å². The molecule has 0 saturated carbocycles. The van der Waals surface area contributed by atoms with Crippen LogP contribution in [0.3, 0.4) is 0 Å². The number of hydrogen-bond donors (Lipinski definition) is 3. The molecule has 6 heteroatoms. The van der Waals surface area contributed by atoms with Crippen LogP contribution in [0.25, 0.3) is 5.69 Å². The quantitative estimate of drug-likeness (QED) is 0.777. The predicted octanol–water partition coefficient (Wildman–Crippen LogP) is 1.37. The minimum Gasteiger partial charge on any atom is -0.394 e. The topological polar surface area (TPSA) is 79.2 Å². The second kappa shape index (κ2) is 6.01. The first-order chi connectivity index (χ1) is 9.20. The maximum atomic E-state index is 11.7. The molecule has 1 atom stereocenters. The lowest BCUT2D eigenvalue weighted by Gasteiger charge is -2.14. The lowest BCUT2D eigenvalue weighted by Crippen LogP contribution is -2.38. The van der Waals surface area contributed by atoms with Gasteiger partial charge in [0.25, 0.3) is 0 Å². The van der Waals surface area contributed by atoms with Gasteiger partial charge in [-0.3, -0.25) is 0 Å². The summed E-state index contributed by atoms with van der Waals surface area (Å²) in [6.45, 7) is 1.62. The molecule has 0 saturated heterocycles. The van der Waals surface area contributed by atoms with Crippen LogP contribution in [0, 0.1) is 0 Å². The highest BCUT2D eigenvalue weighted by Gasteiger charge is 2.09. The van der Waals surface area contributed by atoms with Crippen LogP contribution in [0.1, 0.15) is 6.92 Å². The third-order valence-electron chi connectivity index (χ3n) is 2.55. The zero-order valence-corrected chi connectivity index (χ0v) is 10.6. The van der Waals surface area contributed by atoms with E-state index < -0.39 is 0 Å². The number of rotatable bonds is 4. The van der Waals surface area contributed by atoms with E-state index in [1.807, 2.05) is 24.3 Å². The van der Waals surface area contributed by atoms with Gasteiger partial charge in [0, 0.05) is 12.4 Å². The molecule has 1 heterocycles. The van der Waals surface area contributed by atoms with E-state index in [0.717, 1.165) is 5.69 Å². The molecular formula is C13H16N4O2. The molecule has 2 aromatic rings. The van der Waals surface area contributed by atoms with Crippen LogP contribution in [0.5, 0.6) is 0 Å². The van der Waals surface area contributed by atoms with Crippen molar-refractivity contribution in [3.05, 3.63) is 42.7 Å². The highest BCUT2D eigenvalue weighted by atomic mass is 16.3. The number of carbonyl (C=O) groups excluding carboxylic acids is 1. The van der Waals surface area contributed by atoms with Crippen LogP contribution in [0.4, 0.5) is 10.5 Å². The fraction of sp³-hybridized carbons (Fsp3) is 0.231. The Morgan fingerprint density at radius 2 is 2.21 bits per heavy atom. The molecule has 0 bridgehead atoms. The summed E-state index contributed by atoms with van der Waals surface area (Å²) in [6.07, 6.45) is 3.47. The maximum Gasteiger partial charge on any atom is 0.319 e. The number of urea groups is 1. The number of nitrogens with one attached hydrogen (secondary N) is 2. The summed E-state index contributed by atoms with van der Waals surface area (Å²) >= 11 is 0. The predicted molar refractivity (Wildman–Crippen MR) is 72.3 cm³/mol. The molecule has 19 heavy (non-hydrogen) atoms. The summed E-state index contributed by atoms with van der Waals surface area (Å²) in [5.74, 6) is 0. The molecule has 0 aliphatic carbocycles. The number of aromatic nitrogens is 2. The highest BCUT2D eigenvalue weighted by Crippen LogP contribution is 2.18. The summed E-state index contributed by atoms with van der Waals surface area (Å²) in [4.78, 5) is 11.7. The number of amides is 2. The van der Waals surface area contributed by atoms with Crippen LogP contribution in [0.2, 0.25) is 0 Å². The fourth-order valence-electron chi connectivity index (χ4n) is 1.62. The monoisotopic (exact) mass is 260 g/mol.